The Bertz CT molecular complexity index is 706. The lowest BCUT2D eigenvalue weighted by molar-refractivity contribution is 1.08. The van der Waals surface area contributed by atoms with Crippen LogP contribution >= 0.6 is 22.9 Å². The molecule has 5 heteroatoms. The molecule has 0 spiro atoms. The van der Waals surface area contributed by atoms with Crippen LogP contribution in [0.2, 0.25) is 5.02 Å². The van der Waals surface area contributed by atoms with Crippen LogP contribution in [0.3, 0.4) is 0 Å². The number of rotatable bonds is 3. The molecule has 3 nitrogen and oxygen atoms in total. The van der Waals surface area contributed by atoms with Gasteiger partial charge < -0.3 is 5.32 Å². The number of anilines is 1. The van der Waals surface area contributed by atoms with Crippen molar-refractivity contribution in [1.29, 1.82) is 0 Å². The minimum absolute atomic E-state index is 0.715. The minimum Gasteiger partial charge on any atom is -0.357 e. The SMILES string of the molecule is Cc1ccc(CNc2nc3cc(Cl)ccc3s2)cn1. The molecule has 0 saturated heterocycles. The molecule has 0 radical (unpaired) electrons. The summed E-state index contributed by atoms with van der Waals surface area (Å²) in [5, 5.41) is 4.93. The fourth-order valence-electron chi connectivity index (χ4n) is 1.76. The normalized spacial score (nSPS) is 10.8. The number of fused-ring (bicyclic) bond motifs is 1. The third kappa shape index (κ3) is 2.85. The van der Waals surface area contributed by atoms with Gasteiger partial charge in [-0.2, -0.15) is 0 Å². The molecule has 2 aromatic heterocycles. The first-order chi connectivity index (χ1) is 9.20. The number of aromatic nitrogens is 2. The first kappa shape index (κ1) is 12.4. The van der Waals surface area contributed by atoms with Crippen LogP contribution < -0.4 is 5.32 Å². The molecule has 0 fully saturated rings. The Labute approximate surface area is 120 Å². The number of thiazole rings is 1. The van der Waals surface area contributed by atoms with E-state index in [0.29, 0.717) is 5.02 Å². The zero-order valence-corrected chi connectivity index (χ0v) is 11.9. The van der Waals surface area contributed by atoms with E-state index >= 15 is 0 Å². The van der Waals surface area contributed by atoms with Crippen molar-refractivity contribution in [2.45, 2.75) is 13.5 Å². The zero-order valence-electron chi connectivity index (χ0n) is 10.4. The summed E-state index contributed by atoms with van der Waals surface area (Å²) in [5.41, 5.74) is 3.10. The van der Waals surface area contributed by atoms with Crippen molar-refractivity contribution in [3.63, 3.8) is 0 Å². The summed E-state index contributed by atoms with van der Waals surface area (Å²) < 4.78 is 1.13. The molecular weight excluding hydrogens is 278 g/mol. The van der Waals surface area contributed by atoms with Gasteiger partial charge in [0.2, 0.25) is 0 Å². The summed E-state index contributed by atoms with van der Waals surface area (Å²) >= 11 is 7.58. The number of aryl methyl sites for hydroxylation is 1. The van der Waals surface area contributed by atoms with Crippen LogP contribution in [0.5, 0.6) is 0 Å². The Morgan fingerprint density at radius 1 is 1.26 bits per heavy atom. The van der Waals surface area contributed by atoms with Crippen molar-refractivity contribution in [2.75, 3.05) is 5.32 Å². The molecule has 3 aromatic rings. The van der Waals surface area contributed by atoms with Crippen molar-refractivity contribution < 1.29 is 0 Å². The first-order valence-electron chi connectivity index (χ1n) is 5.92. The molecule has 2 heterocycles. The van der Waals surface area contributed by atoms with Gasteiger partial charge in [0, 0.05) is 23.5 Å². The molecule has 0 saturated carbocycles. The van der Waals surface area contributed by atoms with Gasteiger partial charge in [0.1, 0.15) is 0 Å². The summed E-state index contributed by atoms with van der Waals surface area (Å²) in [6.07, 6.45) is 1.88. The maximum absolute atomic E-state index is 5.95. The number of halogens is 1. The number of benzene rings is 1. The highest BCUT2D eigenvalue weighted by Gasteiger charge is 2.04. The summed E-state index contributed by atoms with van der Waals surface area (Å²) in [6.45, 7) is 2.70. The molecule has 0 aliphatic rings. The maximum Gasteiger partial charge on any atom is 0.184 e. The molecule has 0 bridgehead atoms. The Morgan fingerprint density at radius 2 is 2.16 bits per heavy atom. The number of pyridine rings is 1. The number of hydrogen-bond acceptors (Lipinski definition) is 4. The predicted octanol–water partition coefficient (Wildman–Crippen LogP) is 4.27. The monoisotopic (exact) mass is 289 g/mol. The van der Waals surface area contributed by atoms with Crippen LogP contribution in [0.1, 0.15) is 11.3 Å². The van der Waals surface area contributed by atoms with Gasteiger partial charge in [0.05, 0.1) is 10.2 Å². The van der Waals surface area contributed by atoms with Crippen molar-refractivity contribution in [1.82, 2.24) is 9.97 Å². The van der Waals surface area contributed by atoms with Gasteiger partial charge in [0.25, 0.3) is 0 Å². The summed E-state index contributed by atoms with van der Waals surface area (Å²) in [5.74, 6) is 0. The van der Waals surface area contributed by atoms with Crippen molar-refractivity contribution in [3.8, 4) is 0 Å². The second-order valence-electron chi connectivity index (χ2n) is 4.29. The highest BCUT2D eigenvalue weighted by Crippen LogP contribution is 2.28. The first-order valence-corrected chi connectivity index (χ1v) is 7.12. The lowest BCUT2D eigenvalue weighted by Gasteiger charge is -2.02. The lowest BCUT2D eigenvalue weighted by atomic mass is 10.2. The number of nitrogens with zero attached hydrogens (tertiary/aromatic N) is 2. The second-order valence-corrected chi connectivity index (χ2v) is 5.76. The molecule has 0 aliphatic heterocycles. The quantitative estimate of drug-likeness (QED) is 0.782. The highest BCUT2D eigenvalue weighted by atomic mass is 35.5. The van der Waals surface area contributed by atoms with Crippen LogP contribution in [-0.4, -0.2) is 9.97 Å². The maximum atomic E-state index is 5.95. The van der Waals surface area contributed by atoms with E-state index in [0.717, 1.165) is 33.2 Å². The Kier molecular flexibility index (Phi) is 3.36. The summed E-state index contributed by atoms with van der Waals surface area (Å²) in [4.78, 5) is 8.78. The standard InChI is InChI=1S/C14H12ClN3S/c1-9-2-3-10(7-16-9)8-17-14-18-12-6-11(15)4-5-13(12)19-14/h2-7H,8H2,1H3,(H,17,18). The average Bonchev–Trinajstić information content (AvgIpc) is 2.80. The van der Waals surface area contributed by atoms with Gasteiger partial charge in [0.15, 0.2) is 5.13 Å². The van der Waals surface area contributed by atoms with E-state index in [9.17, 15) is 0 Å². The molecule has 19 heavy (non-hydrogen) atoms. The van der Waals surface area contributed by atoms with Crippen molar-refractivity contribution in [3.05, 3.63) is 52.8 Å². The Morgan fingerprint density at radius 3 is 2.95 bits per heavy atom. The molecule has 0 atom stereocenters. The molecular formula is C14H12ClN3S. The third-order valence-corrected chi connectivity index (χ3v) is 4.00. The number of hydrogen-bond donors (Lipinski definition) is 1. The van der Waals surface area contributed by atoms with E-state index in [4.69, 9.17) is 11.6 Å². The van der Waals surface area contributed by atoms with Gasteiger partial charge in [-0.25, -0.2) is 4.98 Å². The summed E-state index contributed by atoms with van der Waals surface area (Å²) in [7, 11) is 0. The lowest BCUT2D eigenvalue weighted by Crippen LogP contribution is -1.99. The molecule has 0 unspecified atom stereocenters. The molecule has 0 aliphatic carbocycles. The van der Waals surface area contributed by atoms with Gasteiger partial charge in [-0.1, -0.05) is 29.0 Å². The third-order valence-electron chi connectivity index (χ3n) is 2.77. The van der Waals surface area contributed by atoms with Gasteiger partial charge in [-0.05, 0) is 36.8 Å². The second kappa shape index (κ2) is 5.15. The van der Waals surface area contributed by atoms with E-state index in [1.807, 2.05) is 37.4 Å². The molecule has 0 amide bonds. The minimum atomic E-state index is 0.715. The molecule has 1 N–H and O–H groups in total. The van der Waals surface area contributed by atoms with E-state index in [1.165, 1.54) is 0 Å². The smallest absolute Gasteiger partial charge is 0.184 e. The molecule has 96 valence electrons. The average molecular weight is 290 g/mol. The van der Waals surface area contributed by atoms with E-state index < -0.39 is 0 Å². The Balaban J connectivity index is 1.76. The van der Waals surface area contributed by atoms with Gasteiger partial charge in [-0.15, -0.1) is 0 Å². The topological polar surface area (TPSA) is 37.8 Å². The molecule has 1 aromatic carbocycles. The van der Waals surface area contributed by atoms with Crippen LogP contribution in [0.15, 0.2) is 36.5 Å². The van der Waals surface area contributed by atoms with Crippen LogP contribution in [-0.2, 0) is 6.54 Å². The van der Waals surface area contributed by atoms with Gasteiger partial charge >= 0.3 is 0 Å². The van der Waals surface area contributed by atoms with Crippen LogP contribution in [0.25, 0.3) is 10.2 Å². The Hall–Kier alpha value is -1.65. The van der Waals surface area contributed by atoms with Crippen molar-refractivity contribution >= 4 is 38.3 Å². The van der Waals surface area contributed by atoms with Crippen molar-refractivity contribution in [2.24, 2.45) is 0 Å². The van der Waals surface area contributed by atoms with Crippen LogP contribution in [0, 0.1) is 6.92 Å². The highest BCUT2D eigenvalue weighted by molar-refractivity contribution is 7.22. The fraction of sp³-hybridized carbons (Fsp3) is 0.143. The van der Waals surface area contributed by atoms with E-state index in [-0.39, 0.29) is 0 Å². The van der Waals surface area contributed by atoms with Gasteiger partial charge in [-0.3, -0.25) is 4.98 Å². The summed E-state index contributed by atoms with van der Waals surface area (Å²) in [6, 6.07) is 9.84. The molecule has 3 rings (SSSR count). The van der Waals surface area contributed by atoms with Crippen LogP contribution in [0.4, 0.5) is 5.13 Å². The van der Waals surface area contributed by atoms with E-state index in [1.54, 1.807) is 11.3 Å². The largest absolute Gasteiger partial charge is 0.357 e. The zero-order chi connectivity index (χ0) is 13.2. The van der Waals surface area contributed by atoms with E-state index in [2.05, 4.69) is 21.4 Å². The predicted molar refractivity (Wildman–Crippen MR) is 80.9 cm³/mol. The number of nitrogens with one attached hydrogen (secondary N) is 1. The fourth-order valence-corrected chi connectivity index (χ4v) is 2.77.